The SMILES string of the molecule is C[C@H](Cn1cccn1)NC(=O)NCCN1C[C@H](C)O[C@@H](C)C1. The van der Waals surface area contributed by atoms with Gasteiger partial charge in [-0.05, 0) is 26.8 Å². The van der Waals surface area contributed by atoms with Crippen LogP contribution < -0.4 is 10.6 Å². The van der Waals surface area contributed by atoms with Gasteiger partial charge in [-0.3, -0.25) is 9.58 Å². The molecule has 1 aromatic heterocycles. The lowest BCUT2D eigenvalue weighted by molar-refractivity contribution is -0.0672. The van der Waals surface area contributed by atoms with Crippen molar-refractivity contribution >= 4 is 6.03 Å². The van der Waals surface area contributed by atoms with Crippen LogP contribution in [0.15, 0.2) is 18.5 Å². The lowest BCUT2D eigenvalue weighted by Gasteiger charge is -2.35. The molecule has 0 bridgehead atoms. The molecule has 1 aliphatic heterocycles. The Hall–Kier alpha value is -1.60. The third-order valence-electron chi connectivity index (χ3n) is 3.61. The number of hydrogen-bond donors (Lipinski definition) is 2. The lowest BCUT2D eigenvalue weighted by atomic mass is 10.2. The predicted octanol–water partition coefficient (Wildman–Crippen LogP) is 0.680. The van der Waals surface area contributed by atoms with Gasteiger partial charge in [-0.2, -0.15) is 5.10 Å². The van der Waals surface area contributed by atoms with E-state index in [-0.39, 0.29) is 24.3 Å². The van der Waals surface area contributed by atoms with E-state index in [1.807, 2.05) is 19.2 Å². The zero-order valence-corrected chi connectivity index (χ0v) is 13.7. The van der Waals surface area contributed by atoms with Gasteiger partial charge in [0.05, 0.1) is 18.8 Å². The Morgan fingerprint density at radius 1 is 1.41 bits per heavy atom. The zero-order valence-electron chi connectivity index (χ0n) is 13.7. The van der Waals surface area contributed by atoms with Gasteiger partial charge in [0.2, 0.25) is 0 Å². The molecule has 1 aliphatic rings. The Bertz CT molecular complexity index is 441. The average molecular weight is 309 g/mol. The summed E-state index contributed by atoms with van der Waals surface area (Å²) in [5.74, 6) is 0. The molecule has 0 saturated carbocycles. The highest BCUT2D eigenvalue weighted by Gasteiger charge is 2.21. The molecule has 22 heavy (non-hydrogen) atoms. The van der Waals surface area contributed by atoms with Crippen molar-refractivity contribution in [3.05, 3.63) is 18.5 Å². The Kier molecular flexibility index (Phi) is 6.21. The second kappa shape index (κ2) is 8.14. The van der Waals surface area contributed by atoms with E-state index in [4.69, 9.17) is 4.74 Å². The van der Waals surface area contributed by atoms with Crippen LogP contribution in [-0.4, -0.2) is 65.1 Å². The second-order valence-electron chi connectivity index (χ2n) is 6.05. The van der Waals surface area contributed by atoms with E-state index in [0.29, 0.717) is 13.1 Å². The van der Waals surface area contributed by atoms with Crippen LogP contribution in [0.2, 0.25) is 0 Å². The van der Waals surface area contributed by atoms with Gasteiger partial charge in [0.25, 0.3) is 0 Å². The molecule has 0 aromatic carbocycles. The van der Waals surface area contributed by atoms with E-state index < -0.39 is 0 Å². The van der Waals surface area contributed by atoms with E-state index in [1.54, 1.807) is 10.9 Å². The molecule has 7 nitrogen and oxygen atoms in total. The summed E-state index contributed by atoms with van der Waals surface area (Å²) in [6.07, 6.45) is 4.13. The van der Waals surface area contributed by atoms with Crippen LogP contribution in [0, 0.1) is 0 Å². The highest BCUT2D eigenvalue weighted by Crippen LogP contribution is 2.09. The van der Waals surface area contributed by atoms with Crippen molar-refractivity contribution in [1.82, 2.24) is 25.3 Å². The number of amides is 2. The zero-order chi connectivity index (χ0) is 15.9. The third-order valence-corrected chi connectivity index (χ3v) is 3.61. The molecule has 0 radical (unpaired) electrons. The van der Waals surface area contributed by atoms with E-state index in [0.717, 1.165) is 19.6 Å². The smallest absolute Gasteiger partial charge is 0.315 e. The number of carbonyl (C=O) groups excluding carboxylic acids is 1. The summed E-state index contributed by atoms with van der Waals surface area (Å²) >= 11 is 0. The van der Waals surface area contributed by atoms with Crippen molar-refractivity contribution in [3.8, 4) is 0 Å². The van der Waals surface area contributed by atoms with Crippen LogP contribution in [0.1, 0.15) is 20.8 Å². The number of rotatable bonds is 6. The van der Waals surface area contributed by atoms with Crippen LogP contribution in [-0.2, 0) is 11.3 Å². The lowest BCUT2D eigenvalue weighted by Crippen LogP contribution is -2.49. The Morgan fingerprint density at radius 2 is 2.14 bits per heavy atom. The number of nitrogens with zero attached hydrogens (tertiary/aromatic N) is 3. The highest BCUT2D eigenvalue weighted by atomic mass is 16.5. The maximum atomic E-state index is 11.9. The first-order valence-electron chi connectivity index (χ1n) is 7.92. The van der Waals surface area contributed by atoms with E-state index in [9.17, 15) is 4.79 Å². The maximum Gasteiger partial charge on any atom is 0.315 e. The number of aromatic nitrogens is 2. The van der Waals surface area contributed by atoms with Gasteiger partial charge >= 0.3 is 6.03 Å². The summed E-state index contributed by atoms with van der Waals surface area (Å²) in [6.45, 7) is 10.1. The fourth-order valence-corrected chi connectivity index (χ4v) is 2.80. The molecule has 1 fully saturated rings. The highest BCUT2D eigenvalue weighted by molar-refractivity contribution is 5.74. The molecule has 2 N–H and O–H groups in total. The van der Waals surface area contributed by atoms with Crippen molar-refractivity contribution in [2.45, 2.75) is 45.6 Å². The van der Waals surface area contributed by atoms with Crippen molar-refractivity contribution in [3.63, 3.8) is 0 Å². The standard InChI is InChI=1S/C15H27N5O2/c1-12(9-20-7-4-5-17-20)18-15(21)16-6-8-19-10-13(2)22-14(3)11-19/h4-5,7,12-14H,6,8-11H2,1-3H3,(H2,16,18,21)/t12-,13+,14+/m1/s1. The minimum Gasteiger partial charge on any atom is -0.373 e. The van der Waals surface area contributed by atoms with Crippen LogP contribution in [0.5, 0.6) is 0 Å². The Balaban J connectivity index is 1.61. The minimum atomic E-state index is -0.131. The first-order chi connectivity index (χ1) is 10.5. The van der Waals surface area contributed by atoms with Gasteiger partial charge in [0.1, 0.15) is 0 Å². The van der Waals surface area contributed by atoms with Gasteiger partial charge < -0.3 is 15.4 Å². The van der Waals surface area contributed by atoms with Gasteiger partial charge in [-0.1, -0.05) is 0 Å². The maximum absolute atomic E-state index is 11.9. The molecule has 124 valence electrons. The van der Waals surface area contributed by atoms with Crippen molar-refractivity contribution < 1.29 is 9.53 Å². The molecule has 1 aromatic rings. The van der Waals surface area contributed by atoms with Gasteiger partial charge in [-0.15, -0.1) is 0 Å². The average Bonchev–Trinajstić information content (AvgIpc) is 2.90. The Labute approximate surface area is 132 Å². The molecule has 2 rings (SSSR count). The molecule has 7 heteroatoms. The van der Waals surface area contributed by atoms with Crippen molar-refractivity contribution in [1.29, 1.82) is 0 Å². The number of ether oxygens (including phenoxy) is 1. The van der Waals surface area contributed by atoms with E-state index in [1.165, 1.54) is 0 Å². The monoisotopic (exact) mass is 309 g/mol. The fraction of sp³-hybridized carbons (Fsp3) is 0.733. The van der Waals surface area contributed by atoms with Crippen molar-refractivity contribution in [2.75, 3.05) is 26.2 Å². The molecular formula is C15H27N5O2. The Morgan fingerprint density at radius 3 is 2.77 bits per heavy atom. The number of morpholine rings is 1. The summed E-state index contributed by atoms with van der Waals surface area (Å²) in [5.41, 5.74) is 0. The number of urea groups is 1. The minimum absolute atomic E-state index is 0.0309. The number of carbonyl (C=O) groups is 1. The first kappa shape index (κ1) is 16.8. The molecule has 0 unspecified atom stereocenters. The molecule has 2 amide bonds. The van der Waals surface area contributed by atoms with Gasteiger partial charge in [0, 0.05) is 44.6 Å². The van der Waals surface area contributed by atoms with Crippen LogP contribution in [0.4, 0.5) is 4.79 Å². The largest absolute Gasteiger partial charge is 0.373 e. The van der Waals surface area contributed by atoms with Crippen LogP contribution in [0.3, 0.4) is 0 Å². The third kappa shape index (κ3) is 5.65. The van der Waals surface area contributed by atoms with Crippen LogP contribution in [0.25, 0.3) is 0 Å². The predicted molar refractivity (Wildman–Crippen MR) is 84.7 cm³/mol. The second-order valence-corrected chi connectivity index (χ2v) is 6.05. The van der Waals surface area contributed by atoms with E-state index in [2.05, 4.69) is 34.5 Å². The molecular weight excluding hydrogens is 282 g/mol. The fourth-order valence-electron chi connectivity index (χ4n) is 2.80. The van der Waals surface area contributed by atoms with Crippen LogP contribution >= 0.6 is 0 Å². The topological polar surface area (TPSA) is 71.4 Å². The number of nitrogens with one attached hydrogen (secondary N) is 2. The summed E-state index contributed by atoms with van der Waals surface area (Å²) < 4.78 is 7.50. The summed E-state index contributed by atoms with van der Waals surface area (Å²) in [6, 6.07) is 1.77. The quantitative estimate of drug-likeness (QED) is 0.811. The van der Waals surface area contributed by atoms with Crippen molar-refractivity contribution in [2.24, 2.45) is 0 Å². The molecule has 1 saturated heterocycles. The summed E-state index contributed by atoms with van der Waals surface area (Å²) in [5, 5.41) is 9.95. The summed E-state index contributed by atoms with van der Waals surface area (Å²) in [4.78, 5) is 14.2. The normalized spacial score (nSPS) is 24.0. The summed E-state index contributed by atoms with van der Waals surface area (Å²) in [7, 11) is 0. The molecule has 0 spiro atoms. The molecule has 0 aliphatic carbocycles. The molecule has 2 heterocycles. The molecule has 3 atom stereocenters. The number of hydrogen-bond acceptors (Lipinski definition) is 4. The van der Waals surface area contributed by atoms with Gasteiger partial charge in [-0.25, -0.2) is 4.79 Å². The first-order valence-corrected chi connectivity index (χ1v) is 7.92. The van der Waals surface area contributed by atoms with E-state index >= 15 is 0 Å². The van der Waals surface area contributed by atoms with Gasteiger partial charge in [0.15, 0.2) is 0 Å².